The highest BCUT2D eigenvalue weighted by Gasteiger charge is 2.21. The normalized spacial score (nSPS) is 14.8. The number of benzene rings is 1. The Bertz CT molecular complexity index is 690. The molecule has 0 saturated carbocycles. The molecule has 0 unspecified atom stereocenters. The van der Waals surface area contributed by atoms with Gasteiger partial charge in [0.05, 0.1) is 26.1 Å². The van der Waals surface area contributed by atoms with Crippen LogP contribution < -0.4 is 20.1 Å². The van der Waals surface area contributed by atoms with Crippen LogP contribution in [0.2, 0.25) is 0 Å². The lowest BCUT2D eigenvalue weighted by molar-refractivity contribution is 0.403. The minimum absolute atomic E-state index is 0.607. The highest BCUT2D eigenvalue weighted by atomic mass is 16.5. The van der Waals surface area contributed by atoms with Gasteiger partial charge in [-0.15, -0.1) is 0 Å². The molecule has 124 valence electrons. The van der Waals surface area contributed by atoms with Gasteiger partial charge in [0.1, 0.15) is 17.3 Å². The quantitative estimate of drug-likeness (QED) is 0.939. The number of nitrogens with two attached hydrogens (primary N) is 1. The summed E-state index contributed by atoms with van der Waals surface area (Å²) in [4.78, 5) is 2.36. The van der Waals surface area contributed by atoms with Crippen LogP contribution in [-0.2, 0) is 7.05 Å². The van der Waals surface area contributed by atoms with Crippen molar-refractivity contribution in [2.24, 2.45) is 7.05 Å². The topological polar surface area (TPSA) is 65.5 Å². The highest BCUT2D eigenvalue weighted by Crippen LogP contribution is 2.42. The van der Waals surface area contributed by atoms with Gasteiger partial charge >= 0.3 is 0 Å². The van der Waals surface area contributed by atoms with Gasteiger partial charge in [-0.2, -0.15) is 5.10 Å². The molecule has 0 radical (unpaired) electrons. The first-order valence-electron chi connectivity index (χ1n) is 7.94. The molecule has 6 heteroatoms. The predicted octanol–water partition coefficient (Wildman–Crippen LogP) is 2.68. The molecular formula is C17H24N4O2. The summed E-state index contributed by atoms with van der Waals surface area (Å²) in [5.74, 6) is 2.23. The molecule has 1 fully saturated rings. The van der Waals surface area contributed by atoms with Crippen molar-refractivity contribution in [3.8, 4) is 22.6 Å². The molecule has 2 N–H and O–H groups in total. The average molecular weight is 316 g/mol. The van der Waals surface area contributed by atoms with E-state index in [0.717, 1.165) is 41.4 Å². The first kappa shape index (κ1) is 15.5. The summed E-state index contributed by atoms with van der Waals surface area (Å²) in [7, 11) is 5.20. The predicted molar refractivity (Wildman–Crippen MR) is 92.2 cm³/mol. The molecule has 0 bridgehead atoms. The maximum atomic E-state index is 6.12. The van der Waals surface area contributed by atoms with E-state index in [4.69, 9.17) is 15.2 Å². The molecule has 1 aromatic carbocycles. The zero-order chi connectivity index (χ0) is 16.4. The second-order valence-corrected chi connectivity index (χ2v) is 5.84. The number of methoxy groups -OCH3 is 2. The molecule has 1 aromatic heterocycles. The first-order valence-corrected chi connectivity index (χ1v) is 7.94. The van der Waals surface area contributed by atoms with Crippen LogP contribution in [0.4, 0.5) is 11.5 Å². The van der Waals surface area contributed by atoms with E-state index in [9.17, 15) is 0 Å². The molecule has 0 amide bonds. The fourth-order valence-corrected chi connectivity index (χ4v) is 3.13. The lowest BCUT2D eigenvalue weighted by atomic mass is 10.0. The zero-order valence-corrected chi connectivity index (χ0v) is 14.0. The molecule has 2 aromatic rings. The third kappa shape index (κ3) is 2.81. The number of nitrogens with zero attached hydrogens (tertiary/aromatic N) is 3. The largest absolute Gasteiger partial charge is 0.496 e. The minimum atomic E-state index is 0.607. The van der Waals surface area contributed by atoms with Gasteiger partial charge in [-0.05, 0) is 25.3 Å². The maximum Gasteiger partial charge on any atom is 0.143 e. The van der Waals surface area contributed by atoms with Gasteiger partial charge in [-0.3, -0.25) is 4.68 Å². The van der Waals surface area contributed by atoms with Gasteiger partial charge in [0, 0.05) is 37.3 Å². The summed E-state index contributed by atoms with van der Waals surface area (Å²) >= 11 is 0. The molecule has 3 rings (SSSR count). The average Bonchev–Trinajstić information content (AvgIpc) is 2.93. The summed E-state index contributed by atoms with van der Waals surface area (Å²) in [6.45, 7) is 2.10. The molecule has 1 aliphatic rings. The van der Waals surface area contributed by atoms with Gasteiger partial charge < -0.3 is 20.1 Å². The summed E-state index contributed by atoms with van der Waals surface area (Å²) in [6.07, 6.45) is 5.47. The fourth-order valence-electron chi connectivity index (χ4n) is 3.13. The van der Waals surface area contributed by atoms with E-state index in [1.165, 1.54) is 19.3 Å². The number of aromatic nitrogens is 2. The van der Waals surface area contributed by atoms with Gasteiger partial charge in [0.2, 0.25) is 0 Å². The summed E-state index contributed by atoms with van der Waals surface area (Å²) in [5.41, 5.74) is 8.96. The molecule has 23 heavy (non-hydrogen) atoms. The fraction of sp³-hybridized carbons (Fsp3) is 0.471. The standard InChI is InChI=1S/C17H24N4O2/c1-20-17(18)13(11-19-20)12-9-16(23-3)14(10-15(12)22-2)21-7-5-4-6-8-21/h9-11H,4-8,18H2,1-3H3. The van der Waals surface area contributed by atoms with E-state index in [1.807, 2.05) is 19.2 Å². The van der Waals surface area contributed by atoms with Crippen molar-refractivity contribution < 1.29 is 9.47 Å². The van der Waals surface area contributed by atoms with Crippen molar-refractivity contribution in [3.05, 3.63) is 18.3 Å². The monoisotopic (exact) mass is 316 g/mol. The van der Waals surface area contributed by atoms with Crippen LogP contribution in [0.5, 0.6) is 11.5 Å². The van der Waals surface area contributed by atoms with Crippen LogP contribution in [-0.4, -0.2) is 37.1 Å². The van der Waals surface area contributed by atoms with Crippen molar-refractivity contribution in [1.29, 1.82) is 0 Å². The van der Waals surface area contributed by atoms with E-state index in [2.05, 4.69) is 10.00 Å². The van der Waals surface area contributed by atoms with Crippen molar-refractivity contribution in [2.75, 3.05) is 37.9 Å². The van der Waals surface area contributed by atoms with E-state index < -0.39 is 0 Å². The van der Waals surface area contributed by atoms with Gasteiger partial charge in [-0.25, -0.2) is 0 Å². The lowest BCUT2D eigenvalue weighted by Crippen LogP contribution is -2.29. The van der Waals surface area contributed by atoms with Gasteiger partial charge in [0.25, 0.3) is 0 Å². The Morgan fingerprint density at radius 1 is 1.00 bits per heavy atom. The van der Waals surface area contributed by atoms with E-state index in [-0.39, 0.29) is 0 Å². The number of hydrogen-bond acceptors (Lipinski definition) is 5. The van der Waals surface area contributed by atoms with E-state index in [0.29, 0.717) is 5.82 Å². The zero-order valence-electron chi connectivity index (χ0n) is 14.0. The van der Waals surface area contributed by atoms with Crippen molar-refractivity contribution in [2.45, 2.75) is 19.3 Å². The third-order valence-electron chi connectivity index (χ3n) is 4.47. The molecule has 0 atom stereocenters. The summed E-state index contributed by atoms with van der Waals surface area (Å²) < 4.78 is 12.9. The first-order chi connectivity index (χ1) is 11.2. The number of ether oxygens (including phenoxy) is 2. The van der Waals surface area contributed by atoms with E-state index in [1.54, 1.807) is 25.1 Å². The summed E-state index contributed by atoms with van der Waals surface area (Å²) in [6, 6.07) is 4.04. The third-order valence-corrected chi connectivity index (χ3v) is 4.47. The number of aryl methyl sites for hydroxylation is 1. The number of anilines is 2. The Balaban J connectivity index is 2.09. The van der Waals surface area contributed by atoms with Crippen LogP contribution >= 0.6 is 0 Å². The molecule has 1 aliphatic heterocycles. The Hall–Kier alpha value is -2.37. The number of piperidine rings is 1. The van der Waals surface area contributed by atoms with Crippen LogP contribution in [0, 0.1) is 0 Å². The van der Waals surface area contributed by atoms with Crippen molar-refractivity contribution in [3.63, 3.8) is 0 Å². The Kier molecular flexibility index (Phi) is 4.32. The van der Waals surface area contributed by atoms with Crippen LogP contribution in [0.3, 0.4) is 0 Å². The van der Waals surface area contributed by atoms with Gasteiger partial charge in [0.15, 0.2) is 0 Å². The van der Waals surface area contributed by atoms with Crippen molar-refractivity contribution >= 4 is 11.5 Å². The lowest BCUT2D eigenvalue weighted by Gasteiger charge is -2.30. The Morgan fingerprint density at radius 2 is 1.70 bits per heavy atom. The Morgan fingerprint density at radius 3 is 2.26 bits per heavy atom. The number of rotatable bonds is 4. The van der Waals surface area contributed by atoms with Crippen LogP contribution in [0.25, 0.3) is 11.1 Å². The minimum Gasteiger partial charge on any atom is -0.496 e. The molecule has 6 nitrogen and oxygen atoms in total. The summed E-state index contributed by atoms with van der Waals surface area (Å²) in [5, 5.41) is 4.22. The second-order valence-electron chi connectivity index (χ2n) is 5.84. The highest BCUT2D eigenvalue weighted by molar-refractivity contribution is 5.82. The van der Waals surface area contributed by atoms with Gasteiger partial charge in [-0.1, -0.05) is 0 Å². The molecule has 2 heterocycles. The SMILES string of the molecule is COc1cc(N2CCCCC2)c(OC)cc1-c1cnn(C)c1N. The van der Waals surface area contributed by atoms with Crippen molar-refractivity contribution in [1.82, 2.24) is 9.78 Å². The maximum absolute atomic E-state index is 6.12. The molecular weight excluding hydrogens is 292 g/mol. The second kappa shape index (κ2) is 6.40. The number of nitrogen functional groups attached to an aromatic ring is 1. The van der Waals surface area contributed by atoms with Crippen LogP contribution in [0.15, 0.2) is 18.3 Å². The van der Waals surface area contributed by atoms with E-state index >= 15 is 0 Å². The number of hydrogen-bond donors (Lipinski definition) is 1. The molecule has 0 spiro atoms. The molecule has 0 aliphatic carbocycles. The smallest absolute Gasteiger partial charge is 0.143 e. The Labute approximate surface area is 136 Å². The molecule has 1 saturated heterocycles. The van der Waals surface area contributed by atoms with Crippen LogP contribution in [0.1, 0.15) is 19.3 Å².